The van der Waals surface area contributed by atoms with Crippen LogP contribution in [0.3, 0.4) is 0 Å². The number of carbonyl (C=O) groups is 1. The topological polar surface area (TPSA) is 77.0 Å². The summed E-state index contributed by atoms with van der Waals surface area (Å²) in [4.78, 5) is 11.2. The molecule has 0 saturated heterocycles. The van der Waals surface area contributed by atoms with Crippen LogP contribution in [0.25, 0.3) is 10.8 Å². The smallest absolute Gasteiger partial charge is 0.154 e. The molecule has 3 N–H and O–H groups in total. The van der Waals surface area contributed by atoms with Crippen LogP contribution < -0.4 is 15.6 Å². The zero-order valence-corrected chi connectivity index (χ0v) is 11.6. The molecular weight excluding hydrogens is 254 g/mol. The molecule has 2 aromatic carbocycles. The van der Waals surface area contributed by atoms with Crippen molar-refractivity contribution in [3.63, 3.8) is 0 Å². The number of fused-ring (bicyclic) bond motifs is 1. The molecule has 0 aromatic heterocycles. The molecule has 1 atom stereocenters. The summed E-state index contributed by atoms with van der Waals surface area (Å²) in [6.07, 6.45) is 1.95. The number of unbranched alkanes of at least 4 members (excludes halogenated alkanes) is 1. The Balaban J connectivity index is 2.50. The Bertz CT molecular complexity index is 610. The van der Waals surface area contributed by atoms with E-state index in [2.05, 4.69) is 12.7 Å². The van der Waals surface area contributed by atoms with Gasteiger partial charge in [0.15, 0.2) is 6.04 Å². The summed E-state index contributed by atoms with van der Waals surface area (Å²) in [6.45, 7) is 2.65. The van der Waals surface area contributed by atoms with Crippen molar-refractivity contribution in [3.8, 4) is 5.75 Å². The average Bonchev–Trinajstić information content (AvgIpc) is 2.46. The van der Waals surface area contributed by atoms with Gasteiger partial charge in [-0.15, -0.1) is 0 Å². The van der Waals surface area contributed by atoms with E-state index in [1.165, 1.54) is 0 Å². The molecule has 4 nitrogen and oxygen atoms in total. The first kappa shape index (κ1) is 14.3. The summed E-state index contributed by atoms with van der Waals surface area (Å²) in [7, 11) is 0. The Morgan fingerprint density at radius 3 is 2.75 bits per heavy atom. The molecule has 0 aliphatic carbocycles. The van der Waals surface area contributed by atoms with Gasteiger partial charge in [-0.2, -0.15) is 0 Å². The van der Waals surface area contributed by atoms with E-state index < -0.39 is 12.0 Å². The first-order valence-electron chi connectivity index (χ1n) is 6.83. The standard InChI is InChI=1S/C16H19NO3/c1-2-3-10-20-13-9-8-11-6-4-5-7-12(11)14(13)15(17)16(18)19/h4-9,15H,2-3,10,17H2,1H3,(H,18,19)/t15-/m0/s1. The van der Waals surface area contributed by atoms with E-state index in [0.717, 1.165) is 23.6 Å². The number of hydrogen-bond acceptors (Lipinski definition) is 3. The van der Waals surface area contributed by atoms with E-state index in [4.69, 9.17) is 4.74 Å². The van der Waals surface area contributed by atoms with Gasteiger partial charge in [-0.3, -0.25) is 0 Å². The van der Waals surface area contributed by atoms with E-state index >= 15 is 0 Å². The van der Waals surface area contributed by atoms with Crippen molar-refractivity contribution < 1.29 is 20.4 Å². The van der Waals surface area contributed by atoms with Crippen molar-refractivity contribution in [2.75, 3.05) is 6.61 Å². The van der Waals surface area contributed by atoms with Crippen molar-refractivity contribution >= 4 is 16.7 Å². The molecule has 106 valence electrons. The predicted octanol–water partition coefficient (Wildman–Crippen LogP) is 1.05. The summed E-state index contributed by atoms with van der Waals surface area (Å²) in [6, 6.07) is 10.4. The molecule has 0 spiro atoms. The minimum atomic E-state index is -1.19. The van der Waals surface area contributed by atoms with Crippen LogP contribution >= 0.6 is 0 Å². The molecule has 0 unspecified atom stereocenters. The zero-order valence-electron chi connectivity index (χ0n) is 11.6. The van der Waals surface area contributed by atoms with Crippen molar-refractivity contribution in [3.05, 3.63) is 42.0 Å². The van der Waals surface area contributed by atoms with Crippen LogP contribution in [-0.2, 0) is 4.79 Å². The van der Waals surface area contributed by atoms with Crippen LogP contribution in [0, 0.1) is 0 Å². The molecule has 0 amide bonds. The number of ether oxygens (including phenoxy) is 1. The maximum atomic E-state index is 11.2. The minimum Gasteiger partial charge on any atom is -0.544 e. The Hall–Kier alpha value is -2.07. The van der Waals surface area contributed by atoms with Crippen molar-refractivity contribution in [1.29, 1.82) is 0 Å². The molecule has 0 aliphatic heterocycles. The number of carboxylic acid groups (broad SMARTS) is 1. The summed E-state index contributed by atoms with van der Waals surface area (Å²) in [5.41, 5.74) is 4.30. The Kier molecular flexibility index (Phi) is 4.58. The Morgan fingerprint density at radius 2 is 2.05 bits per heavy atom. The van der Waals surface area contributed by atoms with Crippen LogP contribution in [0.1, 0.15) is 31.4 Å². The largest absolute Gasteiger partial charge is 0.544 e. The first-order valence-corrected chi connectivity index (χ1v) is 6.83. The normalized spacial score (nSPS) is 12.3. The lowest BCUT2D eigenvalue weighted by molar-refractivity contribution is -0.442. The highest BCUT2D eigenvalue weighted by atomic mass is 16.5. The Labute approximate surface area is 118 Å². The lowest BCUT2D eigenvalue weighted by Crippen LogP contribution is -2.61. The van der Waals surface area contributed by atoms with Crippen LogP contribution in [-0.4, -0.2) is 12.6 Å². The third-order valence-corrected chi connectivity index (χ3v) is 3.32. The lowest BCUT2D eigenvalue weighted by atomic mass is 9.98. The summed E-state index contributed by atoms with van der Waals surface area (Å²) < 4.78 is 5.73. The third kappa shape index (κ3) is 2.91. The van der Waals surface area contributed by atoms with Crippen molar-refractivity contribution in [2.45, 2.75) is 25.8 Å². The SMILES string of the molecule is CCCCOc1ccc2ccccc2c1[C@H]([NH3+])C(=O)[O-]. The van der Waals surface area contributed by atoms with E-state index in [-0.39, 0.29) is 0 Å². The molecule has 0 heterocycles. The second kappa shape index (κ2) is 6.39. The van der Waals surface area contributed by atoms with Gasteiger partial charge < -0.3 is 20.4 Å². The quantitative estimate of drug-likeness (QED) is 0.799. The number of quaternary nitrogens is 1. The van der Waals surface area contributed by atoms with Crippen molar-refractivity contribution in [1.82, 2.24) is 0 Å². The van der Waals surface area contributed by atoms with Gasteiger partial charge in [0.25, 0.3) is 0 Å². The maximum Gasteiger partial charge on any atom is 0.154 e. The highest BCUT2D eigenvalue weighted by molar-refractivity contribution is 5.91. The number of hydrogen-bond donors (Lipinski definition) is 1. The fourth-order valence-corrected chi connectivity index (χ4v) is 2.21. The van der Waals surface area contributed by atoms with E-state index in [1.54, 1.807) is 0 Å². The fourth-order valence-electron chi connectivity index (χ4n) is 2.21. The van der Waals surface area contributed by atoms with Crippen LogP contribution in [0.5, 0.6) is 5.75 Å². The molecule has 0 bridgehead atoms. The second-order valence-electron chi connectivity index (χ2n) is 4.77. The number of carbonyl (C=O) groups excluding carboxylic acids is 1. The van der Waals surface area contributed by atoms with Crippen LogP contribution in [0.2, 0.25) is 0 Å². The second-order valence-corrected chi connectivity index (χ2v) is 4.77. The maximum absolute atomic E-state index is 11.2. The molecule has 4 heteroatoms. The molecular formula is C16H19NO3. The zero-order chi connectivity index (χ0) is 14.5. The average molecular weight is 273 g/mol. The predicted molar refractivity (Wildman–Crippen MR) is 75.0 cm³/mol. The number of aliphatic carboxylic acids is 1. The molecule has 0 saturated carbocycles. The molecule has 20 heavy (non-hydrogen) atoms. The van der Waals surface area contributed by atoms with Gasteiger partial charge in [-0.05, 0) is 23.3 Å². The van der Waals surface area contributed by atoms with Gasteiger partial charge in [-0.1, -0.05) is 43.7 Å². The molecule has 0 radical (unpaired) electrons. The van der Waals surface area contributed by atoms with Gasteiger partial charge in [-0.25, -0.2) is 0 Å². The van der Waals surface area contributed by atoms with Gasteiger partial charge in [0, 0.05) is 0 Å². The molecule has 0 fully saturated rings. The highest BCUT2D eigenvalue weighted by Crippen LogP contribution is 2.31. The van der Waals surface area contributed by atoms with E-state index in [9.17, 15) is 9.90 Å². The molecule has 2 rings (SSSR count). The highest BCUT2D eigenvalue weighted by Gasteiger charge is 2.20. The van der Waals surface area contributed by atoms with Gasteiger partial charge in [0.1, 0.15) is 11.7 Å². The van der Waals surface area contributed by atoms with Crippen molar-refractivity contribution in [2.24, 2.45) is 0 Å². The molecule has 0 aliphatic rings. The van der Waals surface area contributed by atoms with E-state index in [0.29, 0.717) is 17.9 Å². The lowest BCUT2D eigenvalue weighted by Gasteiger charge is -2.17. The van der Waals surface area contributed by atoms with Gasteiger partial charge >= 0.3 is 0 Å². The van der Waals surface area contributed by atoms with Gasteiger partial charge in [0.2, 0.25) is 0 Å². The monoisotopic (exact) mass is 273 g/mol. The number of carboxylic acids is 1. The van der Waals surface area contributed by atoms with E-state index in [1.807, 2.05) is 36.4 Å². The fraction of sp³-hybridized carbons (Fsp3) is 0.312. The Morgan fingerprint density at radius 1 is 1.30 bits per heavy atom. The van der Waals surface area contributed by atoms with Crippen LogP contribution in [0.4, 0.5) is 0 Å². The molecule has 2 aromatic rings. The van der Waals surface area contributed by atoms with Gasteiger partial charge in [0.05, 0.1) is 12.2 Å². The summed E-state index contributed by atoms with van der Waals surface area (Å²) in [5, 5.41) is 13.0. The van der Waals surface area contributed by atoms with Crippen LogP contribution in [0.15, 0.2) is 36.4 Å². The minimum absolute atomic E-state index is 0.571. The number of rotatable bonds is 6. The summed E-state index contributed by atoms with van der Waals surface area (Å²) >= 11 is 0. The third-order valence-electron chi connectivity index (χ3n) is 3.32. The summed E-state index contributed by atoms with van der Waals surface area (Å²) in [5.74, 6) is -0.608. The first-order chi connectivity index (χ1) is 9.65. The number of benzene rings is 2.